The Morgan fingerprint density at radius 3 is 2.24 bits per heavy atom. The second-order valence-electron chi connectivity index (χ2n) is 6.62. The van der Waals surface area contributed by atoms with Gasteiger partial charge in [0.1, 0.15) is 0 Å². The smallest absolute Gasteiger partial charge is 0.331 e. The number of allylic oxidation sites excluding steroid dienone is 3. The van der Waals surface area contributed by atoms with Crippen molar-refractivity contribution in [2.75, 3.05) is 6.61 Å². The fourth-order valence-corrected chi connectivity index (χ4v) is 2.46. The van der Waals surface area contributed by atoms with E-state index < -0.39 is 0 Å². The average molecular weight is 294 g/mol. The Kier molecular flexibility index (Phi) is 10.1. The Morgan fingerprint density at radius 1 is 1.10 bits per heavy atom. The molecule has 2 heteroatoms. The molecular formula is C19H34O2. The highest BCUT2D eigenvalue weighted by molar-refractivity contribution is 5.83. The molecule has 0 N–H and O–H groups in total. The van der Waals surface area contributed by atoms with Crippen molar-refractivity contribution in [3.05, 3.63) is 22.8 Å². The number of hydrogen-bond donors (Lipinski definition) is 0. The van der Waals surface area contributed by atoms with E-state index >= 15 is 0 Å². The fourth-order valence-electron chi connectivity index (χ4n) is 2.46. The summed E-state index contributed by atoms with van der Waals surface area (Å²) in [5.41, 5.74) is 3.61. The SMILES string of the molecule is CCOC(=O)/C=C(C)/C(C)=C(\C)CC(C)CCCC(C)C. The first kappa shape index (κ1) is 19.9. The molecule has 1 unspecified atom stereocenters. The van der Waals surface area contributed by atoms with E-state index in [-0.39, 0.29) is 5.97 Å². The normalized spacial score (nSPS) is 15.0. The summed E-state index contributed by atoms with van der Waals surface area (Å²) in [4.78, 5) is 11.5. The average Bonchev–Trinajstić information content (AvgIpc) is 2.37. The molecule has 0 rings (SSSR count). The van der Waals surface area contributed by atoms with Crippen molar-refractivity contribution in [3.63, 3.8) is 0 Å². The molecule has 0 aliphatic carbocycles. The highest BCUT2D eigenvalue weighted by Crippen LogP contribution is 2.23. The van der Waals surface area contributed by atoms with Gasteiger partial charge in [-0.3, -0.25) is 0 Å². The molecule has 21 heavy (non-hydrogen) atoms. The van der Waals surface area contributed by atoms with Crippen molar-refractivity contribution in [2.45, 2.75) is 74.1 Å². The van der Waals surface area contributed by atoms with E-state index in [1.165, 1.54) is 30.4 Å². The van der Waals surface area contributed by atoms with Gasteiger partial charge in [-0.1, -0.05) is 45.6 Å². The molecule has 0 heterocycles. The highest BCUT2D eigenvalue weighted by atomic mass is 16.5. The Bertz CT molecular complexity index is 375. The largest absolute Gasteiger partial charge is 0.463 e. The topological polar surface area (TPSA) is 26.3 Å². The van der Waals surface area contributed by atoms with Crippen LogP contribution in [-0.4, -0.2) is 12.6 Å². The van der Waals surface area contributed by atoms with E-state index in [9.17, 15) is 4.79 Å². The van der Waals surface area contributed by atoms with Gasteiger partial charge in [-0.15, -0.1) is 0 Å². The lowest BCUT2D eigenvalue weighted by atomic mass is 9.91. The molecule has 0 spiro atoms. The molecule has 0 bridgehead atoms. The van der Waals surface area contributed by atoms with Gasteiger partial charge in [0.15, 0.2) is 0 Å². The van der Waals surface area contributed by atoms with Crippen LogP contribution in [0.2, 0.25) is 0 Å². The van der Waals surface area contributed by atoms with Crippen molar-refractivity contribution in [1.29, 1.82) is 0 Å². The summed E-state index contributed by atoms with van der Waals surface area (Å²) in [5, 5.41) is 0. The Morgan fingerprint density at radius 2 is 1.71 bits per heavy atom. The van der Waals surface area contributed by atoms with Crippen LogP contribution in [0.4, 0.5) is 0 Å². The number of esters is 1. The summed E-state index contributed by atoms with van der Waals surface area (Å²) in [5.74, 6) is 1.26. The Hall–Kier alpha value is -1.05. The molecular weight excluding hydrogens is 260 g/mol. The predicted octanol–water partition coefficient (Wildman–Crippen LogP) is 5.68. The second kappa shape index (κ2) is 10.6. The van der Waals surface area contributed by atoms with Crippen molar-refractivity contribution in [3.8, 4) is 0 Å². The number of rotatable bonds is 9. The van der Waals surface area contributed by atoms with Crippen LogP contribution >= 0.6 is 0 Å². The summed E-state index contributed by atoms with van der Waals surface area (Å²) in [7, 11) is 0. The van der Waals surface area contributed by atoms with Crippen LogP contribution in [0.1, 0.15) is 74.1 Å². The zero-order valence-corrected chi connectivity index (χ0v) is 15.1. The van der Waals surface area contributed by atoms with Gasteiger partial charge >= 0.3 is 5.97 Å². The predicted molar refractivity (Wildman–Crippen MR) is 91.2 cm³/mol. The first-order valence-corrected chi connectivity index (χ1v) is 8.29. The first-order valence-electron chi connectivity index (χ1n) is 8.29. The minimum Gasteiger partial charge on any atom is -0.463 e. The van der Waals surface area contributed by atoms with E-state index in [0.29, 0.717) is 12.5 Å². The molecule has 0 aliphatic rings. The van der Waals surface area contributed by atoms with Crippen LogP contribution < -0.4 is 0 Å². The minimum atomic E-state index is -0.243. The van der Waals surface area contributed by atoms with Crippen LogP contribution in [0.5, 0.6) is 0 Å². The number of ether oxygens (including phenoxy) is 1. The standard InChI is InChI=1S/C19H34O2/c1-8-21-19(20)13-17(6)18(7)16(5)12-15(4)11-9-10-14(2)3/h13-15H,8-12H2,1-7H3/b17-13+,18-16+. The third kappa shape index (κ3) is 9.49. The zero-order chi connectivity index (χ0) is 16.4. The summed E-state index contributed by atoms with van der Waals surface area (Å²) >= 11 is 0. The van der Waals surface area contributed by atoms with Gasteiger partial charge < -0.3 is 4.74 Å². The number of carbonyl (C=O) groups is 1. The maximum atomic E-state index is 11.5. The molecule has 0 aromatic heterocycles. The van der Waals surface area contributed by atoms with Crippen molar-refractivity contribution in [2.24, 2.45) is 11.8 Å². The van der Waals surface area contributed by atoms with Crippen molar-refractivity contribution in [1.82, 2.24) is 0 Å². The molecule has 122 valence electrons. The van der Waals surface area contributed by atoms with Gasteiger partial charge in [0, 0.05) is 6.08 Å². The second-order valence-corrected chi connectivity index (χ2v) is 6.62. The quantitative estimate of drug-likeness (QED) is 0.310. The van der Waals surface area contributed by atoms with Gasteiger partial charge in [-0.2, -0.15) is 0 Å². The van der Waals surface area contributed by atoms with Crippen LogP contribution in [0.3, 0.4) is 0 Å². The van der Waals surface area contributed by atoms with E-state index in [1.807, 2.05) is 13.8 Å². The maximum Gasteiger partial charge on any atom is 0.331 e. The van der Waals surface area contributed by atoms with E-state index in [0.717, 1.165) is 17.9 Å². The van der Waals surface area contributed by atoms with Gasteiger partial charge in [0.05, 0.1) is 6.61 Å². The van der Waals surface area contributed by atoms with E-state index in [1.54, 1.807) is 6.08 Å². The van der Waals surface area contributed by atoms with E-state index in [4.69, 9.17) is 4.74 Å². The Labute approximate surface area is 131 Å². The summed E-state index contributed by atoms with van der Waals surface area (Å²) in [6.45, 7) is 15.4. The summed E-state index contributed by atoms with van der Waals surface area (Å²) in [6.07, 6.45) is 6.61. The lowest BCUT2D eigenvalue weighted by molar-refractivity contribution is -0.137. The van der Waals surface area contributed by atoms with Gasteiger partial charge in [0.25, 0.3) is 0 Å². The minimum absolute atomic E-state index is 0.243. The molecule has 0 saturated carbocycles. The van der Waals surface area contributed by atoms with Crippen LogP contribution in [0, 0.1) is 11.8 Å². The third-order valence-electron chi connectivity index (χ3n) is 3.99. The number of carbonyl (C=O) groups excluding carboxylic acids is 1. The van der Waals surface area contributed by atoms with Gasteiger partial charge in [-0.25, -0.2) is 4.79 Å². The maximum absolute atomic E-state index is 11.5. The van der Waals surface area contributed by atoms with Gasteiger partial charge in [0.2, 0.25) is 0 Å². The molecule has 1 atom stereocenters. The van der Waals surface area contributed by atoms with Crippen LogP contribution in [0.15, 0.2) is 22.8 Å². The summed E-state index contributed by atoms with van der Waals surface area (Å²) < 4.78 is 4.96. The Balaban J connectivity index is 4.50. The van der Waals surface area contributed by atoms with Crippen molar-refractivity contribution < 1.29 is 9.53 Å². The molecule has 0 saturated heterocycles. The molecule has 0 fully saturated rings. The molecule has 0 amide bonds. The van der Waals surface area contributed by atoms with Crippen LogP contribution in [0.25, 0.3) is 0 Å². The van der Waals surface area contributed by atoms with Crippen molar-refractivity contribution >= 4 is 5.97 Å². The molecule has 0 aromatic rings. The molecule has 2 nitrogen and oxygen atoms in total. The molecule has 0 radical (unpaired) electrons. The van der Waals surface area contributed by atoms with Crippen LogP contribution in [-0.2, 0) is 9.53 Å². The zero-order valence-electron chi connectivity index (χ0n) is 15.1. The van der Waals surface area contributed by atoms with Gasteiger partial charge in [-0.05, 0) is 57.1 Å². The summed E-state index contributed by atoms with van der Waals surface area (Å²) in [6, 6.07) is 0. The fraction of sp³-hybridized carbons (Fsp3) is 0.737. The molecule has 0 aromatic carbocycles. The monoisotopic (exact) mass is 294 g/mol. The van der Waals surface area contributed by atoms with E-state index in [2.05, 4.69) is 34.6 Å². The molecule has 0 aliphatic heterocycles. The third-order valence-corrected chi connectivity index (χ3v) is 3.99. The number of hydrogen-bond acceptors (Lipinski definition) is 2. The highest BCUT2D eigenvalue weighted by Gasteiger charge is 2.08. The lowest BCUT2D eigenvalue weighted by Crippen LogP contribution is -2.02. The first-order chi connectivity index (χ1) is 9.77. The lowest BCUT2D eigenvalue weighted by Gasteiger charge is -2.15.